The van der Waals surface area contributed by atoms with E-state index in [1.54, 1.807) is 12.3 Å². The molecule has 1 saturated heterocycles. The van der Waals surface area contributed by atoms with Crippen LogP contribution in [-0.4, -0.2) is 28.5 Å². The zero-order valence-corrected chi connectivity index (χ0v) is 12.2. The number of hydrogen-bond donors (Lipinski definition) is 1. The Labute approximate surface area is 115 Å². The van der Waals surface area contributed by atoms with E-state index in [0.717, 1.165) is 31.8 Å². The number of nitrogens with zero attached hydrogens (tertiary/aromatic N) is 2. The number of nitrogens with two attached hydrogens (primary N) is 1. The van der Waals surface area contributed by atoms with E-state index < -0.39 is 0 Å². The number of likely N-dealkylation sites (tertiary alicyclic amines) is 1. The number of aryl methyl sites for hydroxylation is 1. The van der Waals surface area contributed by atoms with Crippen molar-refractivity contribution in [3.63, 3.8) is 0 Å². The van der Waals surface area contributed by atoms with Crippen molar-refractivity contribution in [2.75, 3.05) is 18.8 Å². The van der Waals surface area contributed by atoms with Crippen LogP contribution in [0, 0.1) is 11.8 Å². The summed E-state index contributed by atoms with van der Waals surface area (Å²) < 4.78 is 1.82. The number of carbonyl (C=O) groups is 1. The Bertz CT molecular complexity index is 450. The summed E-state index contributed by atoms with van der Waals surface area (Å²) in [4.78, 5) is 14.5. The summed E-state index contributed by atoms with van der Waals surface area (Å²) in [6.45, 7) is 6.29. The Morgan fingerprint density at radius 2 is 2.11 bits per heavy atom. The van der Waals surface area contributed by atoms with E-state index in [0.29, 0.717) is 17.3 Å². The minimum absolute atomic E-state index is 0.114. The SMILES string of the molecule is CC(C)C1CCCN(C(=O)c2cc(N)cn2C)CC1. The van der Waals surface area contributed by atoms with Gasteiger partial charge in [-0.3, -0.25) is 4.79 Å². The van der Waals surface area contributed by atoms with E-state index in [1.807, 2.05) is 16.5 Å². The average Bonchev–Trinajstić information content (AvgIpc) is 2.57. The first-order valence-electron chi connectivity index (χ1n) is 7.20. The van der Waals surface area contributed by atoms with Crippen molar-refractivity contribution in [3.8, 4) is 0 Å². The van der Waals surface area contributed by atoms with E-state index in [-0.39, 0.29) is 5.91 Å². The Morgan fingerprint density at radius 3 is 2.68 bits per heavy atom. The van der Waals surface area contributed by atoms with Gasteiger partial charge in [0, 0.05) is 26.3 Å². The number of aromatic nitrogens is 1. The lowest BCUT2D eigenvalue weighted by molar-refractivity contribution is 0.0749. The van der Waals surface area contributed by atoms with Crippen LogP contribution in [0.1, 0.15) is 43.6 Å². The van der Waals surface area contributed by atoms with Gasteiger partial charge < -0.3 is 15.2 Å². The fourth-order valence-electron chi connectivity index (χ4n) is 2.96. The average molecular weight is 263 g/mol. The second kappa shape index (κ2) is 5.68. The number of nitrogen functional groups attached to an aromatic ring is 1. The molecule has 2 N–H and O–H groups in total. The van der Waals surface area contributed by atoms with Crippen LogP contribution in [-0.2, 0) is 7.05 Å². The summed E-state index contributed by atoms with van der Waals surface area (Å²) in [5.74, 6) is 1.57. The van der Waals surface area contributed by atoms with Crippen LogP contribution in [0.4, 0.5) is 5.69 Å². The molecule has 2 heterocycles. The van der Waals surface area contributed by atoms with E-state index in [9.17, 15) is 4.79 Å². The molecule has 0 radical (unpaired) electrons. The lowest BCUT2D eigenvalue weighted by atomic mass is 9.89. The molecule has 2 rings (SSSR count). The van der Waals surface area contributed by atoms with Gasteiger partial charge >= 0.3 is 0 Å². The zero-order chi connectivity index (χ0) is 14.0. The van der Waals surface area contributed by atoms with Crippen LogP contribution >= 0.6 is 0 Å². The largest absolute Gasteiger partial charge is 0.397 e. The van der Waals surface area contributed by atoms with E-state index >= 15 is 0 Å². The lowest BCUT2D eigenvalue weighted by Crippen LogP contribution is -2.33. The first-order valence-corrected chi connectivity index (χ1v) is 7.20. The highest BCUT2D eigenvalue weighted by Crippen LogP contribution is 2.25. The van der Waals surface area contributed by atoms with Gasteiger partial charge in [-0.25, -0.2) is 0 Å². The molecule has 0 aromatic carbocycles. The lowest BCUT2D eigenvalue weighted by Gasteiger charge is -2.21. The number of rotatable bonds is 2. The predicted molar refractivity (Wildman–Crippen MR) is 77.9 cm³/mol. The molecule has 4 heteroatoms. The van der Waals surface area contributed by atoms with Gasteiger partial charge in [0.2, 0.25) is 0 Å². The van der Waals surface area contributed by atoms with E-state index in [4.69, 9.17) is 5.73 Å². The molecule has 1 amide bonds. The van der Waals surface area contributed by atoms with E-state index in [1.165, 1.54) is 6.42 Å². The smallest absolute Gasteiger partial charge is 0.270 e. The maximum atomic E-state index is 12.5. The van der Waals surface area contributed by atoms with Crippen molar-refractivity contribution in [1.29, 1.82) is 0 Å². The highest BCUT2D eigenvalue weighted by molar-refractivity contribution is 5.93. The molecular formula is C15H25N3O. The third-order valence-electron chi connectivity index (χ3n) is 4.25. The Morgan fingerprint density at radius 1 is 1.37 bits per heavy atom. The minimum atomic E-state index is 0.114. The van der Waals surface area contributed by atoms with Crippen LogP contribution in [0.25, 0.3) is 0 Å². The summed E-state index contributed by atoms with van der Waals surface area (Å²) in [5, 5.41) is 0. The Kier molecular flexibility index (Phi) is 4.17. The maximum Gasteiger partial charge on any atom is 0.270 e. The fourth-order valence-corrected chi connectivity index (χ4v) is 2.96. The zero-order valence-electron chi connectivity index (χ0n) is 12.2. The summed E-state index contributed by atoms with van der Waals surface area (Å²) in [7, 11) is 1.87. The van der Waals surface area contributed by atoms with Crippen molar-refractivity contribution in [3.05, 3.63) is 18.0 Å². The predicted octanol–water partition coefficient (Wildman–Crippen LogP) is 2.51. The number of hydrogen-bond acceptors (Lipinski definition) is 2. The van der Waals surface area contributed by atoms with Crippen molar-refractivity contribution < 1.29 is 4.79 Å². The number of carbonyl (C=O) groups excluding carboxylic acids is 1. The molecule has 1 aromatic heterocycles. The molecule has 0 spiro atoms. The summed E-state index contributed by atoms with van der Waals surface area (Å²) in [6, 6.07) is 1.77. The molecule has 106 valence electrons. The maximum absolute atomic E-state index is 12.5. The summed E-state index contributed by atoms with van der Waals surface area (Å²) >= 11 is 0. The van der Waals surface area contributed by atoms with Crippen LogP contribution < -0.4 is 5.73 Å². The Balaban J connectivity index is 2.06. The second-order valence-corrected chi connectivity index (χ2v) is 6.00. The van der Waals surface area contributed by atoms with Crippen molar-refractivity contribution >= 4 is 11.6 Å². The third kappa shape index (κ3) is 3.11. The Hall–Kier alpha value is -1.45. The molecule has 0 aliphatic carbocycles. The summed E-state index contributed by atoms with van der Waals surface area (Å²) in [6.07, 6.45) is 5.25. The van der Waals surface area contributed by atoms with Gasteiger partial charge in [-0.05, 0) is 37.2 Å². The van der Waals surface area contributed by atoms with Gasteiger partial charge in [0.1, 0.15) is 5.69 Å². The minimum Gasteiger partial charge on any atom is -0.397 e. The normalized spacial score (nSPS) is 20.6. The van der Waals surface area contributed by atoms with Crippen LogP contribution in [0.3, 0.4) is 0 Å². The van der Waals surface area contributed by atoms with Crippen molar-refractivity contribution in [2.45, 2.75) is 33.1 Å². The van der Waals surface area contributed by atoms with Crippen LogP contribution in [0.15, 0.2) is 12.3 Å². The third-order valence-corrected chi connectivity index (χ3v) is 4.25. The number of anilines is 1. The standard InChI is InChI=1S/C15H25N3O/c1-11(2)12-5-4-7-18(8-6-12)15(19)14-9-13(16)10-17(14)3/h9-12H,4-8,16H2,1-3H3. The van der Waals surface area contributed by atoms with Crippen LogP contribution in [0.2, 0.25) is 0 Å². The van der Waals surface area contributed by atoms with Gasteiger partial charge in [-0.1, -0.05) is 13.8 Å². The molecular weight excluding hydrogens is 238 g/mol. The van der Waals surface area contributed by atoms with Crippen molar-refractivity contribution in [2.24, 2.45) is 18.9 Å². The highest BCUT2D eigenvalue weighted by Gasteiger charge is 2.24. The first-order chi connectivity index (χ1) is 8.99. The van der Waals surface area contributed by atoms with Gasteiger partial charge in [0.25, 0.3) is 5.91 Å². The van der Waals surface area contributed by atoms with E-state index in [2.05, 4.69) is 13.8 Å². The molecule has 1 atom stereocenters. The fraction of sp³-hybridized carbons (Fsp3) is 0.667. The molecule has 1 fully saturated rings. The monoisotopic (exact) mass is 263 g/mol. The van der Waals surface area contributed by atoms with Crippen molar-refractivity contribution in [1.82, 2.24) is 9.47 Å². The molecule has 1 aliphatic rings. The van der Waals surface area contributed by atoms with Gasteiger partial charge in [-0.2, -0.15) is 0 Å². The topological polar surface area (TPSA) is 51.3 Å². The van der Waals surface area contributed by atoms with Gasteiger partial charge in [0.05, 0.1) is 5.69 Å². The highest BCUT2D eigenvalue weighted by atomic mass is 16.2. The van der Waals surface area contributed by atoms with Gasteiger partial charge in [-0.15, -0.1) is 0 Å². The molecule has 19 heavy (non-hydrogen) atoms. The molecule has 1 aliphatic heterocycles. The van der Waals surface area contributed by atoms with Crippen LogP contribution in [0.5, 0.6) is 0 Å². The molecule has 0 saturated carbocycles. The quantitative estimate of drug-likeness (QED) is 0.891. The molecule has 0 bridgehead atoms. The first kappa shape index (κ1) is 14.0. The molecule has 1 aromatic rings. The molecule has 1 unspecified atom stereocenters. The second-order valence-electron chi connectivity index (χ2n) is 6.00. The molecule has 4 nitrogen and oxygen atoms in total. The summed E-state index contributed by atoms with van der Waals surface area (Å²) in [5.41, 5.74) is 7.10. The van der Waals surface area contributed by atoms with Gasteiger partial charge in [0.15, 0.2) is 0 Å². The number of amides is 1.